The van der Waals surface area contributed by atoms with Crippen LogP contribution < -0.4 is 4.74 Å². The van der Waals surface area contributed by atoms with Crippen LogP contribution in [-0.4, -0.2) is 47.9 Å². The molecule has 0 N–H and O–H groups in total. The molecule has 1 atom stereocenters. The van der Waals surface area contributed by atoms with Gasteiger partial charge in [-0.05, 0) is 42.5 Å². The second-order valence-corrected chi connectivity index (χ2v) is 7.96. The van der Waals surface area contributed by atoms with Gasteiger partial charge in [-0.2, -0.15) is 0 Å². The molecule has 0 saturated carbocycles. The Morgan fingerprint density at radius 3 is 2.75 bits per heavy atom. The lowest BCUT2D eigenvalue weighted by molar-refractivity contribution is -0.141. The summed E-state index contributed by atoms with van der Waals surface area (Å²) in [6, 6.07) is 9.83. The van der Waals surface area contributed by atoms with Crippen LogP contribution in [0.4, 0.5) is 0 Å². The van der Waals surface area contributed by atoms with Gasteiger partial charge >= 0.3 is 0 Å². The minimum Gasteiger partial charge on any atom is -0.491 e. The Bertz CT molecular complexity index is 844. The highest BCUT2D eigenvalue weighted by molar-refractivity contribution is 7.10. The zero-order chi connectivity index (χ0) is 20.1. The second-order valence-electron chi connectivity index (χ2n) is 6.96. The zero-order valence-corrected chi connectivity index (χ0v) is 17.2. The van der Waals surface area contributed by atoms with E-state index in [1.165, 1.54) is 22.3 Å². The normalized spacial score (nSPS) is 15.6. The molecule has 148 valence electrons. The predicted octanol–water partition coefficient (Wildman–Crippen LogP) is 3.60. The highest BCUT2D eigenvalue weighted by Crippen LogP contribution is 2.34. The Morgan fingerprint density at radius 2 is 2.07 bits per heavy atom. The summed E-state index contributed by atoms with van der Waals surface area (Å²) in [5.41, 5.74) is 2.32. The van der Waals surface area contributed by atoms with Crippen LogP contribution in [0.3, 0.4) is 0 Å². The van der Waals surface area contributed by atoms with Crippen molar-refractivity contribution in [1.29, 1.82) is 0 Å². The molecular weight excluding hydrogens is 372 g/mol. The topological polar surface area (TPSA) is 49.9 Å². The molecular formula is C22H26N2O3S. The van der Waals surface area contributed by atoms with E-state index in [4.69, 9.17) is 4.74 Å². The summed E-state index contributed by atoms with van der Waals surface area (Å²) in [7, 11) is 0. The molecule has 1 aromatic heterocycles. The first-order valence-corrected chi connectivity index (χ1v) is 10.3. The van der Waals surface area contributed by atoms with Crippen molar-refractivity contribution in [2.24, 2.45) is 0 Å². The standard InChI is InChI=1S/C22H26N2O3S/c1-4-11-23(17(3)25)14-22(26)24-12-9-21-19(10-13-28-21)20(24)15-27-18-7-5-16(2)6-8-18/h4-8,10,13,20H,1,9,11-12,14-15H2,2-3H3. The van der Waals surface area contributed by atoms with Gasteiger partial charge in [0.15, 0.2) is 0 Å². The van der Waals surface area contributed by atoms with Crippen molar-refractivity contribution in [3.8, 4) is 5.75 Å². The van der Waals surface area contributed by atoms with Crippen LogP contribution in [0.2, 0.25) is 0 Å². The summed E-state index contributed by atoms with van der Waals surface area (Å²) in [4.78, 5) is 29.5. The summed E-state index contributed by atoms with van der Waals surface area (Å²) < 4.78 is 6.02. The number of amides is 2. The van der Waals surface area contributed by atoms with Gasteiger partial charge < -0.3 is 14.5 Å². The molecule has 0 spiro atoms. The molecule has 2 heterocycles. The highest BCUT2D eigenvalue weighted by Gasteiger charge is 2.33. The Morgan fingerprint density at radius 1 is 1.32 bits per heavy atom. The van der Waals surface area contributed by atoms with E-state index in [0.717, 1.165) is 17.7 Å². The summed E-state index contributed by atoms with van der Waals surface area (Å²) in [6.45, 7) is 8.62. The molecule has 1 aliphatic heterocycles. The molecule has 0 radical (unpaired) electrons. The number of carbonyl (C=O) groups excluding carboxylic acids is 2. The summed E-state index contributed by atoms with van der Waals surface area (Å²) in [5, 5.41) is 2.07. The van der Waals surface area contributed by atoms with E-state index < -0.39 is 0 Å². The van der Waals surface area contributed by atoms with Gasteiger partial charge in [0.05, 0.1) is 6.04 Å². The highest BCUT2D eigenvalue weighted by atomic mass is 32.1. The van der Waals surface area contributed by atoms with Gasteiger partial charge in [-0.1, -0.05) is 23.8 Å². The largest absolute Gasteiger partial charge is 0.491 e. The third kappa shape index (κ3) is 4.62. The number of hydrogen-bond acceptors (Lipinski definition) is 4. The van der Waals surface area contributed by atoms with E-state index in [2.05, 4.69) is 18.0 Å². The van der Waals surface area contributed by atoms with Crippen LogP contribution in [0.25, 0.3) is 0 Å². The lowest BCUT2D eigenvalue weighted by Crippen LogP contribution is -2.47. The Balaban J connectivity index is 1.76. The van der Waals surface area contributed by atoms with Gasteiger partial charge in [0.2, 0.25) is 11.8 Å². The first-order chi connectivity index (χ1) is 13.5. The molecule has 2 amide bonds. The zero-order valence-electron chi connectivity index (χ0n) is 16.4. The van der Waals surface area contributed by atoms with E-state index in [1.54, 1.807) is 17.4 Å². The second kappa shape index (κ2) is 9.06. The van der Waals surface area contributed by atoms with Crippen molar-refractivity contribution < 1.29 is 14.3 Å². The fourth-order valence-electron chi connectivity index (χ4n) is 3.40. The maximum absolute atomic E-state index is 13.0. The molecule has 0 aliphatic carbocycles. The third-order valence-electron chi connectivity index (χ3n) is 4.96. The number of nitrogens with zero attached hydrogens (tertiary/aromatic N) is 2. The Hall–Kier alpha value is -2.60. The van der Waals surface area contributed by atoms with Crippen LogP contribution in [0, 0.1) is 6.92 Å². The summed E-state index contributed by atoms with van der Waals surface area (Å²) >= 11 is 1.72. The number of benzene rings is 1. The number of thiophene rings is 1. The molecule has 0 fully saturated rings. The van der Waals surface area contributed by atoms with Crippen molar-refractivity contribution >= 4 is 23.2 Å². The molecule has 1 aliphatic rings. The van der Waals surface area contributed by atoms with Crippen molar-refractivity contribution in [2.45, 2.75) is 26.3 Å². The molecule has 28 heavy (non-hydrogen) atoms. The minimum atomic E-state index is -0.152. The van der Waals surface area contributed by atoms with E-state index in [9.17, 15) is 9.59 Å². The molecule has 0 saturated heterocycles. The van der Waals surface area contributed by atoms with Gasteiger partial charge in [-0.3, -0.25) is 9.59 Å². The molecule has 1 aromatic carbocycles. The predicted molar refractivity (Wildman–Crippen MR) is 112 cm³/mol. The fourth-order valence-corrected chi connectivity index (χ4v) is 4.33. The van der Waals surface area contributed by atoms with Crippen molar-refractivity contribution in [3.63, 3.8) is 0 Å². The van der Waals surface area contributed by atoms with E-state index >= 15 is 0 Å². The number of rotatable bonds is 7. The first-order valence-electron chi connectivity index (χ1n) is 9.41. The van der Waals surface area contributed by atoms with Gasteiger partial charge in [0.25, 0.3) is 0 Å². The monoisotopic (exact) mass is 398 g/mol. The van der Waals surface area contributed by atoms with Crippen LogP contribution in [0.15, 0.2) is 48.4 Å². The molecule has 6 heteroatoms. The SMILES string of the molecule is C=CCN(CC(=O)N1CCc2sccc2C1COc1ccc(C)cc1)C(C)=O. The maximum Gasteiger partial charge on any atom is 0.242 e. The number of fused-ring (bicyclic) bond motifs is 1. The smallest absolute Gasteiger partial charge is 0.242 e. The summed E-state index contributed by atoms with van der Waals surface area (Å²) in [6.07, 6.45) is 2.47. The third-order valence-corrected chi connectivity index (χ3v) is 5.96. The minimum absolute atomic E-state index is 0.0574. The van der Waals surface area contributed by atoms with Crippen molar-refractivity contribution in [3.05, 3.63) is 64.4 Å². The average Bonchev–Trinajstić information content (AvgIpc) is 3.15. The quantitative estimate of drug-likeness (QED) is 0.670. The van der Waals surface area contributed by atoms with Crippen LogP contribution in [-0.2, 0) is 16.0 Å². The van der Waals surface area contributed by atoms with Crippen molar-refractivity contribution in [1.82, 2.24) is 9.80 Å². The maximum atomic E-state index is 13.0. The molecule has 0 bridgehead atoms. The van der Waals surface area contributed by atoms with Gasteiger partial charge in [-0.25, -0.2) is 0 Å². The van der Waals surface area contributed by atoms with E-state index in [0.29, 0.717) is 19.7 Å². The van der Waals surface area contributed by atoms with Gasteiger partial charge in [0.1, 0.15) is 18.9 Å². The van der Waals surface area contributed by atoms with Crippen LogP contribution in [0.5, 0.6) is 5.75 Å². The van der Waals surface area contributed by atoms with Gasteiger partial charge in [0, 0.05) is 24.9 Å². The Kier molecular flexibility index (Phi) is 6.52. The molecule has 3 rings (SSSR count). The molecule has 1 unspecified atom stereocenters. The molecule has 2 aromatic rings. The lowest BCUT2D eigenvalue weighted by Gasteiger charge is -2.37. The van der Waals surface area contributed by atoms with Crippen LogP contribution >= 0.6 is 11.3 Å². The number of aryl methyl sites for hydroxylation is 1. The van der Waals surface area contributed by atoms with Crippen molar-refractivity contribution in [2.75, 3.05) is 26.2 Å². The average molecular weight is 399 g/mol. The van der Waals surface area contributed by atoms with Crippen LogP contribution in [0.1, 0.15) is 29.0 Å². The number of hydrogen-bond donors (Lipinski definition) is 0. The summed E-state index contributed by atoms with van der Waals surface area (Å²) in [5.74, 6) is 0.595. The van der Waals surface area contributed by atoms with Gasteiger partial charge in [-0.15, -0.1) is 17.9 Å². The van der Waals surface area contributed by atoms with E-state index in [-0.39, 0.29) is 24.4 Å². The molecule has 5 nitrogen and oxygen atoms in total. The first kappa shape index (κ1) is 20.1. The lowest BCUT2D eigenvalue weighted by atomic mass is 10.0. The number of ether oxygens (including phenoxy) is 1. The number of carbonyl (C=O) groups is 2. The Labute approximate surface area is 170 Å². The van der Waals surface area contributed by atoms with E-state index in [1.807, 2.05) is 36.1 Å². The fraction of sp³-hybridized carbons (Fsp3) is 0.364.